The Morgan fingerprint density at radius 2 is 1.75 bits per heavy atom. The molecule has 1 heteroatoms. The molecule has 0 N–H and O–H groups in total. The molecule has 0 saturated heterocycles. The minimum Gasteiger partial charge on any atom is -0.298 e. The maximum atomic E-state index is 10.0. The van der Waals surface area contributed by atoms with Crippen molar-refractivity contribution in [2.45, 2.75) is 0 Å². The van der Waals surface area contributed by atoms with Gasteiger partial charge in [-0.05, 0) is 0 Å². The zero-order valence-electron chi connectivity index (χ0n) is 4.37. The molecule has 8 heavy (non-hydrogen) atoms. The minimum absolute atomic E-state index is 0.729. The van der Waals surface area contributed by atoms with Gasteiger partial charge in [0.2, 0.25) is 0 Å². The molecule has 0 spiro atoms. The number of benzene rings is 1. The van der Waals surface area contributed by atoms with E-state index in [0.717, 1.165) is 11.8 Å². The van der Waals surface area contributed by atoms with E-state index >= 15 is 0 Å². The van der Waals surface area contributed by atoms with Gasteiger partial charge in [-0.15, -0.1) is 0 Å². The van der Waals surface area contributed by atoms with E-state index in [1.165, 1.54) is 0 Å². The highest BCUT2D eigenvalue weighted by atomic mass is 18.1. The molecule has 0 amide bonds. The SMILES string of the molecule is [18O]=Cc1ccccc1. The summed E-state index contributed by atoms with van der Waals surface area (Å²) in [6.07, 6.45) is 0.833. The van der Waals surface area contributed by atoms with Gasteiger partial charge in [0, 0.05) is 5.56 Å². The lowest BCUT2D eigenvalue weighted by Crippen LogP contribution is -1.73. The molecular formula is C7H6O. The summed E-state index contributed by atoms with van der Waals surface area (Å²) in [5, 5.41) is 0. The second-order valence-corrected chi connectivity index (χ2v) is 1.53. The molecule has 0 aliphatic heterocycles. The Morgan fingerprint density at radius 1 is 1.12 bits per heavy atom. The first kappa shape index (κ1) is 5.04. The Kier molecular flexibility index (Phi) is 1.42. The van der Waals surface area contributed by atoms with Crippen LogP contribution in [0.5, 0.6) is 0 Å². The normalized spacial score (nSPS) is 8.50. The molecule has 0 atom stereocenters. The van der Waals surface area contributed by atoms with Crippen molar-refractivity contribution in [3.05, 3.63) is 35.9 Å². The lowest BCUT2D eigenvalue weighted by atomic mass is 10.2. The molecule has 1 aromatic carbocycles. The Hall–Kier alpha value is -1.11. The van der Waals surface area contributed by atoms with Crippen LogP contribution >= 0.6 is 0 Å². The summed E-state index contributed by atoms with van der Waals surface area (Å²) in [7, 11) is 0. The van der Waals surface area contributed by atoms with E-state index in [1.54, 1.807) is 12.1 Å². The van der Waals surface area contributed by atoms with Crippen LogP contribution in [0.2, 0.25) is 0 Å². The Labute approximate surface area is 48.0 Å². The van der Waals surface area contributed by atoms with Crippen LogP contribution in [0.1, 0.15) is 10.4 Å². The van der Waals surface area contributed by atoms with Crippen LogP contribution < -0.4 is 0 Å². The van der Waals surface area contributed by atoms with Crippen molar-refractivity contribution >= 4 is 6.29 Å². The van der Waals surface area contributed by atoms with E-state index in [2.05, 4.69) is 0 Å². The predicted octanol–water partition coefficient (Wildman–Crippen LogP) is 1.50. The van der Waals surface area contributed by atoms with Gasteiger partial charge in [-0.3, -0.25) is 4.79 Å². The van der Waals surface area contributed by atoms with Gasteiger partial charge in [-0.1, -0.05) is 30.3 Å². The lowest BCUT2D eigenvalue weighted by Gasteiger charge is -1.81. The van der Waals surface area contributed by atoms with E-state index in [0.29, 0.717) is 0 Å². The van der Waals surface area contributed by atoms with Crippen LogP contribution in [-0.2, 0) is 0 Å². The third kappa shape index (κ3) is 0.936. The molecule has 0 aromatic heterocycles. The van der Waals surface area contributed by atoms with Crippen molar-refractivity contribution in [2.24, 2.45) is 0 Å². The van der Waals surface area contributed by atoms with Crippen molar-refractivity contribution in [1.29, 1.82) is 0 Å². The maximum absolute atomic E-state index is 10.0. The highest BCUT2D eigenvalue weighted by Gasteiger charge is 1.79. The fourth-order valence-corrected chi connectivity index (χ4v) is 0.532. The standard InChI is InChI=1S/C7H6O/c8-6-7-4-2-1-3-5-7/h1-6H/i8+2. The minimum atomic E-state index is 0.729. The number of carbonyl (C=O) groups excluding carboxylic acids is 1. The first-order chi connectivity index (χ1) is 3.93. The van der Waals surface area contributed by atoms with E-state index < -0.39 is 0 Å². The summed E-state index contributed by atoms with van der Waals surface area (Å²) in [5.74, 6) is 0. The fraction of sp³-hybridized carbons (Fsp3) is 0. The summed E-state index contributed by atoms with van der Waals surface area (Å²) in [5.41, 5.74) is 0.729. The summed E-state index contributed by atoms with van der Waals surface area (Å²) in [6.45, 7) is 0. The van der Waals surface area contributed by atoms with Crippen LogP contribution in [0, 0.1) is 0 Å². The van der Waals surface area contributed by atoms with Gasteiger partial charge in [0.05, 0.1) is 0 Å². The smallest absolute Gasteiger partial charge is 0.150 e. The Morgan fingerprint density at radius 3 is 2.12 bits per heavy atom. The molecule has 0 radical (unpaired) electrons. The number of hydrogen-bond acceptors (Lipinski definition) is 1. The van der Waals surface area contributed by atoms with Crippen LogP contribution in [0.4, 0.5) is 0 Å². The molecule has 0 fully saturated rings. The quantitative estimate of drug-likeness (QED) is 0.393. The first-order valence-corrected chi connectivity index (χ1v) is 2.44. The van der Waals surface area contributed by atoms with Crippen LogP contribution in [0.3, 0.4) is 0 Å². The molecule has 40 valence electrons. The first-order valence-electron chi connectivity index (χ1n) is 2.44. The molecule has 0 bridgehead atoms. The number of carbonyl (C=O) groups is 1. The van der Waals surface area contributed by atoms with Gasteiger partial charge >= 0.3 is 0 Å². The second-order valence-electron chi connectivity index (χ2n) is 1.53. The van der Waals surface area contributed by atoms with Crippen LogP contribution in [-0.4, -0.2) is 6.29 Å². The zero-order chi connectivity index (χ0) is 5.82. The Balaban J connectivity index is 2.99. The van der Waals surface area contributed by atoms with Crippen molar-refractivity contribution < 1.29 is 4.79 Å². The summed E-state index contributed by atoms with van der Waals surface area (Å²) < 4.78 is 0. The molecule has 0 aliphatic rings. The number of rotatable bonds is 1. The molecule has 0 unspecified atom stereocenters. The maximum Gasteiger partial charge on any atom is 0.150 e. The summed E-state index contributed by atoms with van der Waals surface area (Å²) in [6, 6.07) is 9.10. The molecule has 0 heterocycles. The zero-order valence-corrected chi connectivity index (χ0v) is 4.37. The monoisotopic (exact) mass is 108 g/mol. The second kappa shape index (κ2) is 2.26. The molecule has 1 nitrogen and oxygen atoms in total. The van der Waals surface area contributed by atoms with Crippen molar-refractivity contribution in [1.82, 2.24) is 0 Å². The largest absolute Gasteiger partial charge is 0.298 e. The average Bonchev–Trinajstić information content (AvgIpc) is 1.90. The van der Waals surface area contributed by atoms with Gasteiger partial charge in [-0.25, -0.2) is 0 Å². The van der Waals surface area contributed by atoms with Crippen LogP contribution in [0.25, 0.3) is 0 Å². The van der Waals surface area contributed by atoms with Crippen molar-refractivity contribution in [3.63, 3.8) is 0 Å². The van der Waals surface area contributed by atoms with Crippen molar-refractivity contribution in [3.8, 4) is 0 Å². The third-order valence-electron chi connectivity index (χ3n) is 0.936. The molecule has 1 rings (SSSR count). The summed E-state index contributed by atoms with van der Waals surface area (Å²) in [4.78, 5) is 10.0. The predicted molar refractivity (Wildman–Crippen MR) is 31.8 cm³/mol. The fourth-order valence-electron chi connectivity index (χ4n) is 0.532. The van der Waals surface area contributed by atoms with E-state index in [1.807, 2.05) is 18.2 Å². The molecule has 0 aliphatic carbocycles. The van der Waals surface area contributed by atoms with Gasteiger partial charge < -0.3 is 0 Å². The van der Waals surface area contributed by atoms with E-state index in [4.69, 9.17) is 0 Å². The lowest BCUT2D eigenvalue weighted by molar-refractivity contribution is 0.112. The average molecular weight is 108 g/mol. The van der Waals surface area contributed by atoms with Gasteiger partial charge in [0.1, 0.15) is 6.29 Å². The van der Waals surface area contributed by atoms with E-state index in [-0.39, 0.29) is 0 Å². The summed E-state index contributed by atoms with van der Waals surface area (Å²) >= 11 is 0. The topological polar surface area (TPSA) is 17.1 Å². The Bertz CT molecular complexity index is 167. The molecule has 1 aromatic rings. The third-order valence-corrected chi connectivity index (χ3v) is 0.936. The molecular weight excluding hydrogens is 102 g/mol. The highest BCUT2D eigenvalue weighted by Crippen LogP contribution is 1.91. The van der Waals surface area contributed by atoms with Crippen LogP contribution in [0.15, 0.2) is 30.3 Å². The van der Waals surface area contributed by atoms with E-state index in [9.17, 15) is 4.79 Å². The van der Waals surface area contributed by atoms with Crippen molar-refractivity contribution in [2.75, 3.05) is 0 Å². The van der Waals surface area contributed by atoms with Gasteiger partial charge in [-0.2, -0.15) is 0 Å². The number of hydrogen-bond donors (Lipinski definition) is 0. The number of aldehydes is 1. The molecule has 0 saturated carbocycles. The van der Waals surface area contributed by atoms with Gasteiger partial charge in [0.25, 0.3) is 0 Å². The van der Waals surface area contributed by atoms with Gasteiger partial charge in [0.15, 0.2) is 0 Å². The highest BCUT2D eigenvalue weighted by molar-refractivity contribution is 5.74.